The number of carbonyl (C=O) groups is 1. The van der Waals surface area contributed by atoms with Crippen LogP contribution >= 0.6 is 15.9 Å². The van der Waals surface area contributed by atoms with E-state index in [9.17, 15) is 13.6 Å². The summed E-state index contributed by atoms with van der Waals surface area (Å²) in [5.41, 5.74) is 1.50. The molecule has 1 heterocycles. The molecule has 1 amide bonds. The highest BCUT2D eigenvalue weighted by molar-refractivity contribution is 9.10. The van der Waals surface area contributed by atoms with Crippen molar-refractivity contribution in [3.8, 4) is 0 Å². The van der Waals surface area contributed by atoms with Gasteiger partial charge in [0, 0.05) is 16.5 Å². The molecule has 1 atom stereocenters. The van der Waals surface area contributed by atoms with E-state index in [0.717, 1.165) is 0 Å². The highest BCUT2D eigenvalue weighted by Gasteiger charge is 2.29. The summed E-state index contributed by atoms with van der Waals surface area (Å²) in [4.78, 5) is 17.3. The molecule has 2 aromatic carbocycles. The lowest BCUT2D eigenvalue weighted by molar-refractivity contribution is -0.125. The number of rotatable bonds is 3. The van der Waals surface area contributed by atoms with E-state index in [2.05, 4.69) is 26.4 Å². The van der Waals surface area contributed by atoms with Gasteiger partial charge < -0.3 is 10.2 Å². The minimum atomic E-state index is -0.815. The fourth-order valence-electron chi connectivity index (χ4n) is 2.16. The van der Waals surface area contributed by atoms with Gasteiger partial charge in [0.1, 0.15) is 11.6 Å². The number of amides is 1. The molecule has 7 heteroatoms. The van der Waals surface area contributed by atoms with Gasteiger partial charge in [0.25, 0.3) is 5.91 Å². The molecular weight excluding hydrogens is 370 g/mol. The van der Waals surface area contributed by atoms with E-state index in [1.807, 2.05) is 0 Å². The van der Waals surface area contributed by atoms with E-state index in [-0.39, 0.29) is 12.2 Å². The molecule has 0 radical (unpaired) electrons. The van der Waals surface area contributed by atoms with Gasteiger partial charge in [0.2, 0.25) is 6.10 Å². The van der Waals surface area contributed by atoms with E-state index >= 15 is 0 Å². The van der Waals surface area contributed by atoms with Crippen LogP contribution in [0, 0.1) is 11.6 Å². The zero-order chi connectivity index (χ0) is 16.4. The smallest absolute Gasteiger partial charge is 0.268 e. The molecule has 1 N–H and O–H groups in total. The molecule has 1 aliphatic rings. The van der Waals surface area contributed by atoms with Crippen LogP contribution in [0.25, 0.3) is 0 Å². The molecule has 0 saturated carbocycles. The monoisotopic (exact) mass is 380 g/mol. The lowest BCUT2D eigenvalue weighted by Gasteiger charge is -2.11. The molecule has 2 aromatic rings. The van der Waals surface area contributed by atoms with Gasteiger partial charge >= 0.3 is 0 Å². The maximum Gasteiger partial charge on any atom is 0.268 e. The molecule has 0 aromatic heterocycles. The van der Waals surface area contributed by atoms with E-state index < -0.39 is 17.8 Å². The Morgan fingerprint density at radius 2 is 2.00 bits per heavy atom. The Morgan fingerprint density at radius 1 is 1.22 bits per heavy atom. The molecule has 118 valence electrons. The highest BCUT2D eigenvalue weighted by atomic mass is 79.9. The number of carbonyl (C=O) groups excluding carboxylic acids is 1. The summed E-state index contributed by atoms with van der Waals surface area (Å²) < 4.78 is 26.7. The second-order valence-electron chi connectivity index (χ2n) is 4.96. The Kier molecular flexibility index (Phi) is 4.38. The largest absolute Gasteiger partial charge is 0.382 e. The number of anilines is 1. The van der Waals surface area contributed by atoms with Crippen molar-refractivity contribution in [3.05, 3.63) is 64.1 Å². The molecule has 0 aliphatic carbocycles. The summed E-state index contributed by atoms with van der Waals surface area (Å²) in [6, 6.07) is 9.86. The number of oxime groups is 1. The van der Waals surface area contributed by atoms with Gasteiger partial charge in [-0.05, 0) is 46.3 Å². The van der Waals surface area contributed by atoms with Gasteiger partial charge in [0.05, 0.1) is 11.4 Å². The molecule has 1 unspecified atom stereocenters. The number of nitrogens with one attached hydrogen (secondary N) is 1. The predicted octanol–water partition coefficient (Wildman–Crippen LogP) is 3.86. The van der Waals surface area contributed by atoms with Gasteiger partial charge in [-0.2, -0.15) is 0 Å². The van der Waals surface area contributed by atoms with E-state index in [1.54, 1.807) is 12.1 Å². The van der Waals surface area contributed by atoms with Crippen molar-refractivity contribution >= 4 is 33.2 Å². The van der Waals surface area contributed by atoms with Crippen molar-refractivity contribution in [2.75, 3.05) is 5.32 Å². The van der Waals surface area contributed by atoms with Crippen LogP contribution in [0.1, 0.15) is 12.0 Å². The third-order valence-corrected chi connectivity index (χ3v) is 3.96. The summed E-state index contributed by atoms with van der Waals surface area (Å²) in [6.07, 6.45) is -0.584. The van der Waals surface area contributed by atoms with Crippen LogP contribution in [0.3, 0.4) is 0 Å². The highest BCUT2D eigenvalue weighted by Crippen LogP contribution is 2.25. The zero-order valence-corrected chi connectivity index (χ0v) is 13.3. The quantitative estimate of drug-likeness (QED) is 0.878. The fourth-order valence-corrected chi connectivity index (χ4v) is 2.61. The molecular formula is C16H11BrF2N2O2. The van der Waals surface area contributed by atoms with Crippen LogP contribution < -0.4 is 5.32 Å². The van der Waals surface area contributed by atoms with Gasteiger partial charge in [-0.15, -0.1) is 0 Å². The van der Waals surface area contributed by atoms with Crippen LogP contribution in [-0.2, 0) is 9.63 Å². The fraction of sp³-hybridized carbons (Fsp3) is 0.125. The Labute approximate surface area is 139 Å². The molecule has 0 fully saturated rings. The van der Waals surface area contributed by atoms with Crippen LogP contribution in [0.2, 0.25) is 0 Å². The summed E-state index contributed by atoms with van der Waals surface area (Å²) in [6.45, 7) is 0. The lowest BCUT2D eigenvalue weighted by Crippen LogP contribution is -2.28. The van der Waals surface area contributed by atoms with Crippen molar-refractivity contribution in [2.24, 2.45) is 5.16 Å². The average molecular weight is 381 g/mol. The van der Waals surface area contributed by atoms with E-state index in [1.165, 1.54) is 30.3 Å². The Hall–Kier alpha value is -2.28. The van der Waals surface area contributed by atoms with Crippen LogP contribution in [0.15, 0.2) is 52.1 Å². The summed E-state index contributed by atoms with van der Waals surface area (Å²) >= 11 is 3.17. The predicted molar refractivity (Wildman–Crippen MR) is 85.2 cm³/mol. The average Bonchev–Trinajstić information content (AvgIpc) is 3.00. The lowest BCUT2D eigenvalue weighted by atomic mass is 10.0. The molecule has 4 nitrogen and oxygen atoms in total. The summed E-state index contributed by atoms with van der Waals surface area (Å²) in [5, 5.41) is 6.48. The van der Waals surface area contributed by atoms with Crippen molar-refractivity contribution < 1.29 is 18.4 Å². The first-order valence-corrected chi connectivity index (χ1v) is 7.57. The van der Waals surface area contributed by atoms with Gasteiger partial charge in [-0.1, -0.05) is 17.3 Å². The third kappa shape index (κ3) is 3.56. The first-order valence-electron chi connectivity index (χ1n) is 6.77. The molecule has 0 saturated heterocycles. The number of hydrogen-bond donors (Lipinski definition) is 1. The Bertz CT molecular complexity index is 795. The van der Waals surface area contributed by atoms with Crippen molar-refractivity contribution in [3.63, 3.8) is 0 Å². The van der Waals surface area contributed by atoms with Gasteiger partial charge in [-0.3, -0.25) is 4.79 Å². The van der Waals surface area contributed by atoms with Crippen molar-refractivity contribution in [2.45, 2.75) is 12.5 Å². The normalized spacial score (nSPS) is 16.7. The van der Waals surface area contributed by atoms with Gasteiger partial charge in [0.15, 0.2) is 0 Å². The number of benzene rings is 2. The zero-order valence-electron chi connectivity index (χ0n) is 11.7. The second kappa shape index (κ2) is 6.45. The standard InChI is InChI=1S/C16H11BrF2N2O2/c17-12-7-11(19)4-5-13(12)20-16(22)15-8-14(21-23-15)9-2-1-3-10(18)6-9/h1-7,15H,8H2,(H,20,22). The minimum Gasteiger partial charge on any atom is -0.382 e. The first-order chi connectivity index (χ1) is 11.0. The van der Waals surface area contributed by atoms with Crippen LogP contribution in [-0.4, -0.2) is 17.7 Å². The van der Waals surface area contributed by atoms with E-state index in [0.29, 0.717) is 21.4 Å². The van der Waals surface area contributed by atoms with Crippen molar-refractivity contribution in [1.82, 2.24) is 0 Å². The minimum absolute atomic E-state index is 0.230. The van der Waals surface area contributed by atoms with Crippen LogP contribution in [0.5, 0.6) is 0 Å². The summed E-state index contributed by atoms with van der Waals surface area (Å²) in [5.74, 6) is -1.20. The first kappa shape index (κ1) is 15.6. The maximum absolute atomic E-state index is 13.2. The molecule has 0 spiro atoms. The number of nitrogens with zero attached hydrogens (tertiary/aromatic N) is 1. The van der Waals surface area contributed by atoms with Crippen molar-refractivity contribution in [1.29, 1.82) is 0 Å². The number of hydrogen-bond acceptors (Lipinski definition) is 3. The third-order valence-electron chi connectivity index (χ3n) is 3.31. The van der Waals surface area contributed by atoms with Crippen LogP contribution in [0.4, 0.5) is 14.5 Å². The second-order valence-corrected chi connectivity index (χ2v) is 5.81. The molecule has 23 heavy (non-hydrogen) atoms. The summed E-state index contributed by atoms with van der Waals surface area (Å²) in [7, 11) is 0. The Morgan fingerprint density at radius 3 is 2.74 bits per heavy atom. The SMILES string of the molecule is O=C(Nc1ccc(F)cc1Br)C1CC(c2cccc(F)c2)=NO1. The van der Waals surface area contributed by atoms with Gasteiger partial charge in [-0.25, -0.2) is 8.78 Å². The molecule has 1 aliphatic heterocycles. The molecule has 0 bridgehead atoms. The van der Waals surface area contributed by atoms with E-state index in [4.69, 9.17) is 4.84 Å². The maximum atomic E-state index is 13.2. The molecule has 3 rings (SSSR count). The Balaban J connectivity index is 1.67. The topological polar surface area (TPSA) is 50.7 Å². The number of halogens is 3.